The molecule has 274 valence electrons. The molecular weight excluding hydrogens is 626 g/mol. The molecule has 0 aromatic heterocycles. The molecule has 1 amide bonds. The van der Waals surface area contributed by atoms with Crippen molar-refractivity contribution >= 4 is 29.8 Å². The first kappa shape index (κ1) is 37.3. The van der Waals surface area contributed by atoms with Crippen molar-refractivity contribution in [1.82, 2.24) is 5.32 Å². The van der Waals surface area contributed by atoms with Gasteiger partial charge in [0.2, 0.25) is 5.91 Å². The van der Waals surface area contributed by atoms with Crippen LogP contribution in [0, 0.1) is 68.0 Å². The van der Waals surface area contributed by atoms with Gasteiger partial charge in [0.15, 0.2) is 0 Å². The van der Waals surface area contributed by atoms with Crippen LogP contribution >= 0.6 is 0 Å². The quantitative estimate of drug-likeness (QED) is 0.155. The second-order valence-electron chi connectivity index (χ2n) is 18.6. The number of carbonyl (C=O) groups excluding carboxylic acids is 2. The monoisotopic (exact) mass is 685 g/mol. The van der Waals surface area contributed by atoms with Crippen LogP contribution in [0.15, 0.2) is 12.2 Å². The fraction of sp³-hybridized carbons (Fsp3) is 0.821. The van der Waals surface area contributed by atoms with Gasteiger partial charge in [-0.3, -0.25) is 24.0 Å². The molecule has 0 radical (unpaired) electrons. The van der Waals surface area contributed by atoms with Gasteiger partial charge < -0.3 is 25.4 Å². The van der Waals surface area contributed by atoms with E-state index in [0.29, 0.717) is 12.8 Å². The van der Waals surface area contributed by atoms with Crippen LogP contribution in [0.3, 0.4) is 0 Å². The Morgan fingerprint density at radius 3 is 2.06 bits per heavy atom. The Bertz CT molecular complexity index is 1450. The number of carboxylic acids is 3. The van der Waals surface area contributed by atoms with E-state index in [1.807, 2.05) is 20.8 Å². The number of allylic oxidation sites excluding steroid dienone is 1. The number of hydrogen-bond acceptors (Lipinski definition) is 6. The number of nitrogens with one attached hydrogen (secondary N) is 1. The Kier molecular flexibility index (Phi) is 9.01. The Labute approximate surface area is 291 Å². The lowest BCUT2D eigenvalue weighted by atomic mass is 9.33. The summed E-state index contributed by atoms with van der Waals surface area (Å²) in [5.74, 6) is -4.70. The molecule has 5 saturated carbocycles. The van der Waals surface area contributed by atoms with Gasteiger partial charge in [-0.05, 0) is 125 Å². The first-order chi connectivity index (χ1) is 22.4. The van der Waals surface area contributed by atoms with Gasteiger partial charge in [-0.1, -0.05) is 46.8 Å². The number of fused-ring (bicyclic) bond motifs is 7. The maximum absolute atomic E-state index is 14.1. The van der Waals surface area contributed by atoms with Gasteiger partial charge in [0.1, 0.15) is 18.1 Å². The molecule has 0 bridgehead atoms. The van der Waals surface area contributed by atoms with E-state index >= 15 is 0 Å². The van der Waals surface area contributed by atoms with Crippen LogP contribution in [0.5, 0.6) is 0 Å². The number of ether oxygens (including phenoxy) is 1. The third-order valence-electron chi connectivity index (χ3n) is 15.7. The zero-order valence-corrected chi connectivity index (χ0v) is 31.0. The Hall–Kier alpha value is -2.91. The van der Waals surface area contributed by atoms with Crippen molar-refractivity contribution in [3.63, 3.8) is 0 Å². The van der Waals surface area contributed by atoms with Crippen LogP contribution in [0.4, 0.5) is 0 Å². The third-order valence-corrected chi connectivity index (χ3v) is 15.7. The summed E-state index contributed by atoms with van der Waals surface area (Å²) in [5, 5.41) is 33.1. The van der Waals surface area contributed by atoms with Crippen molar-refractivity contribution in [1.29, 1.82) is 0 Å². The van der Waals surface area contributed by atoms with E-state index in [4.69, 9.17) is 4.74 Å². The highest BCUT2D eigenvalue weighted by atomic mass is 16.5. The van der Waals surface area contributed by atoms with Gasteiger partial charge in [-0.25, -0.2) is 0 Å². The summed E-state index contributed by atoms with van der Waals surface area (Å²) in [4.78, 5) is 64.4. The first-order valence-corrected chi connectivity index (χ1v) is 18.3. The lowest BCUT2D eigenvalue weighted by Crippen LogP contribution is -2.66. The van der Waals surface area contributed by atoms with Crippen LogP contribution in [-0.4, -0.2) is 57.2 Å². The second kappa shape index (κ2) is 11.8. The summed E-state index contributed by atoms with van der Waals surface area (Å²) in [7, 11) is 0. The van der Waals surface area contributed by atoms with Gasteiger partial charge in [0.25, 0.3) is 0 Å². The van der Waals surface area contributed by atoms with Crippen molar-refractivity contribution in [3.05, 3.63) is 12.2 Å². The van der Waals surface area contributed by atoms with Crippen molar-refractivity contribution in [2.75, 3.05) is 0 Å². The topological polar surface area (TPSA) is 167 Å². The average molecular weight is 686 g/mol. The van der Waals surface area contributed by atoms with Gasteiger partial charge in [0.05, 0.1) is 17.3 Å². The molecule has 10 nitrogen and oxygen atoms in total. The van der Waals surface area contributed by atoms with E-state index < -0.39 is 63.6 Å². The molecule has 0 aliphatic heterocycles. The first-order valence-electron chi connectivity index (χ1n) is 18.3. The van der Waals surface area contributed by atoms with Crippen molar-refractivity contribution in [2.24, 2.45) is 68.0 Å². The number of hydrogen-bond donors (Lipinski definition) is 4. The summed E-state index contributed by atoms with van der Waals surface area (Å²) in [6.07, 6.45) is 4.94. The molecule has 49 heavy (non-hydrogen) atoms. The van der Waals surface area contributed by atoms with E-state index in [-0.39, 0.29) is 52.7 Å². The smallest absolute Gasteiger partial charge is 0.325 e. The molecule has 0 saturated heterocycles. The zero-order chi connectivity index (χ0) is 36.9. The van der Waals surface area contributed by atoms with Gasteiger partial charge in [-0.2, -0.15) is 0 Å². The average Bonchev–Trinajstić information content (AvgIpc) is 3.45. The molecule has 0 heterocycles. The van der Waals surface area contributed by atoms with Gasteiger partial charge in [0, 0.05) is 5.41 Å². The fourth-order valence-electron chi connectivity index (χ4n) is 13.0. The maximum atomic E-state index is 14.1. The van der Waals surface area contributed by atoms with E-state index in [2.05, 4.69) is 32.7 Å². The molecule has 0 spiro atoms. The Morgan fingerprint density at radius 2 is 1.51 bits per heavy atom. The number of rotatable bonds is 9. The molecule has 0 aromatic rings. The number of carbonyl (C=O) groups is 5. The fourth-order valence-corrected chi connectivity index (χ4v) is 13.0. The van der Waals surface area contributed by atoms with Crippen molar-refractivity contribution < 1.29 is 44.0 Å². The highest BCUT2D eigenvalue weighted by Crippen LogP contribution is 2.79. The predicted octanol–water partition coefficient (Wildman–Crippen LogP) is 6.57. The van der Waals surface area contributed by atoms with E-state index in [0.717, 1.165) is 44.1 Å². The van der Waals surface area contributed by atoms with E-state index in [9.17, 15) is 39.3 Å². The SMILES string of the molecule is C=C(C)[C@@H]1CC[C@]2(C(=O)NC(C)C(=O)O)CC[C@]3(C)C(CC[C@@H]4[C@@]5(C)[C@@H](C(=O)O)[C@H](OC(=O)CC(C)(C)C(=O)O)C(C)(C)[C@@H]5CC[C@]43C)C12. The van der Waals surface area contributed by atoms with Crippen LogP contribution < -0.4 is 5.32 Å². The largest absolute Gasteiger partial charge is 0.481 e. The standard InChI is InChI=1S/C39H59NO9/c1-20(2)22-13-16-39(32(46)40-21(3)30(42)43)18-17-36(8)23(27(22)39)11-12-25-37(36,9)15-14-24-35(6,7)29(28(31(44)45)38(24,25)10)49-26(41)19-34(4,5)33(47)48/h21-25,27-29H,1,11-19H2,2-10H3,(H,40,46)(H,42,43)(H,44,45)(H,47,48)/t21?,22-,23?,24-,25-,27?,28+,29-,36+,37+,38-,39-/m0/s1. The lowest BCUT2D eigenvalue weighted by Gasteiger charge is -2.70. The third kappa shape index (κ3) is 5.18. The molecule has 5 fully saturated rings. The summed E-state index contributed by atoms with van der Waals surface area (Å²) < 4.78 is 6.09. The molecule has 0 aromatic carbocycles. The number of amides is 1. The number of esters is 1. The van der Waals surface area contributed by atoms with Crippen LogP contribution in [0.25, 0.3) is 0 Å². The minimum absolute atomic E-state index is 0.00892. The highest BCUT2D eigenvalue weighted by molar-refractivity contribution is 5.88. The summed E-state index contributed by atoms with van der Waals surface area (Å²) in [6.45, 7) is 21.7. The molecular formula is C39H59NO9. The molecule has 5 aliphatic rings. The number of aliphatic carboxylic acids is 3. The summed E-state index contributed by atoms with van der Waals surface area (Å²) in [5.41, 5.74) is -2.81. The number of carboxylic acid groups (broad SMARTS) is 3. The molecule has 4 N–H and O–H groups in total. The predicted molar refractivity (Wildman–Crippen MR) is 182 cm³/mol. The van der Waals surface area contributed by atoms with Crippen molar-refractivity contribution in [3.8, 4) is 0 Å². The summed E-state index contributed by atoms with van der Waals surface area (Å²) in [6, 6.07) is -0.987. The Balaban J connectivity index is 1.54. The molecule has 5 aliphatic carbocycles. The summed E-state index contributed by atoms with van der Waals surface area (Å²) >= 11 is 0. The molecule has 12 atom stereocenters. The molecule has 10 heteroatoms. The zero-order valence-electron chi connectivity index (χ0n) is 31.0. The van der Waals surface area contributed by atoms with E-state index in [1.165, 1.54) is 20.8 Å². The minimum atomic E-state index is -1.35. The van der Waals surface area contributed by atoms with Gasteiger partial charge >= 0.3 is 23.9 Å². The lowest BCUT2D eigenvalue weighted by molar-refractivity contribution is -0.225. The normalized spacial score (nSPS) is 42.8. The van der Waals surface area contributed by atoms with Crippen molar-refractivity contribution in [2.45, 2.75) is 132 Å². The Morgan fingerprint density at radius 1 is 0.878 bits per heavy atom. The minimum Gasteiger partial charge on any atom is -0.481 e. The van der Waals surface area contributed by atoms with Crippen LogP contribution in [0.1, 0.15) is 120 Å². The molecule has 5 rings (SSSR count). The van der Waals surface area contributed by atoms with E-state index in [1.54, 1.807) is 0 Å². The maximum Gasteiger partial charge on any atom is 0.325 e. The molecule has 3 unspecified atom stereocenters. The highest BCUT2D eigenvalue weighted by Gasteiger charge is 2.76. The van der Waals surface area contributed by atoms with Crippen LogP contribution in [-0.2, 0) is 28.7 Å². The van der Waals surface area contributed by atoms with Crippen LogP contribution in [0.2, 0.25) is 0 Å². The second-order valence-corrected chi connectivity index (χ2v) is 18.6. The van der Waals surface area contributed by atoms with Gasteiger partial charge in [-0.15, -0.1) is 0 Å².